The van der Waals surface area contributed by atoms with Gasteiger partial charge >= 0.3 is 0 Å². The van der Waals surface area contributed by atoms with E-state index >= 15 is 0 Å². The predicted octanol–water partition coefficient (Wildman–Crippen LogP) is 1.18. The van der Waals surface area contributed by atoms with Crippen molar-refractivity contribution in [1.82, 2.24) is 0 Å². The maximum absolute atomic E-state index is 8.57. The Morgan fingerprint density at radius 3 is 2.73 bits per heavy atom. The van der Waals surface area contributed by atoms with Gasteiger partial charge in [0, 0.05) is 0 Å². The Balaban J connectivity index is 1.78. The fourth-order valence-corrected chi connectivity index (χ4v) is 2.59. The maximum Gasteiger partial charge on any atom is 0.0701 e. The highest BCUT2D eigenvalue weighted by Gasteiger charge is 2.39. The van der Waals surface area contributed by atoms with Crippen molar-refractivity contribution in [2.75, 3.05) is 13.2 Å². The second-order valence-corrected chi connectivity index (χ2v) is 3.81. The SMILES string of the molecule is OCCO[C@@H]1C[C@H]2CC[C@@H]1C2. The van der Waals surface area contributed by atoms with Crippen molar-refractivity contribution in [2.24, 2.45) is 11.8 Å². The second-order valence-electron chi connectivity index (χ2n) is 3.81. The Morgan fingerprint density at radius 1 is 1.27 bits per heavy atom. The Bertz CT molecular complexity index is 136. The summed E-state index contributed by atoms with van der Waals surface area (Å²) < 4.78 is 5.54. The van der Waals surface area contributed by atoms with Gasteiger partial charge < -0.3 is 9.84 Å². The summed E-state index contributed by atoms with van der Waals surface area (Å²) in [4.78, 5) is 0. The first-order valence-electron chi connectivity index (χ1n) is 4.62. The normalized spacial score (nSPS) is 41.7. The Hall–Kier alpha value is -0.0800. The van der Waals surface area contributed by atoms with Gasteiger partial charge in [-0.25, -0.2) is 0 Å². The van der Waals surface area contributed by atoms with Crippen molar-refractivity contribution < 1.29 is 9.84 Å². The molecular weight excluding hydrogens is 140 g/mol. The molecule has 11 heavy (non-hydrogen) atoms. The van der Waals surface area contributed by atoms with Crippen molar-refractivity contribution in [3.63, 3.8) is 0 Å². The van der Waals surface area contributed by atoms with Crippen LogP contribution < -0.4 is 0 Å². The van der Waals surface area contributed by atoms with Gasteiger partial charge in [0.1, 0.15) is 0 Å². The molecule has 2 aliphatic rings. The minimum atomic E-state index is 0.174. The zero-order chi connectivity index (χ0) is 7.68. The summed E-state index contributed by atoms with van der Waals surface area (Å²) in [7, 11) is 0. The number of aliphatic hydroxyl groups is 1. The molecule has 0 heterocycles. The summed E-state index contributed by atoms with van der Waals surface area (Å²) >= 11 is 0. The first kappa shape index (κ1) is 7.56. The van der Waals surface area contributed by atoms with Crippen LogP contribution in [0.4, 0.5) is 0 Å². The molecule has 2 bridgehead atoms. The molecule has 3 atom stereocenters. The standard InChI is InChI=1S/C9H16O2/c10-3-4-11-9-6-7-1-2-8(9)5-7/h7-10H,1-6H2/t7-,8+,9+/m0/s1. The minimum Gasteiger partial charge on any atom is -0.394 e. The molecule has 2 saturated carbocycles. The second kappa shape index (κ2) is 3.11. The lowest BCUT2D eigenvalue weighted by atomic mass is 9.98. The average Bonchev–Trinajstić information content (AvgIpc) is 2.60. The van der Waals surface area contributed by atoms with E-state index in [1.54, 1.807) is 0 Å². The summed E-state index contributed by atoms with van der Waals surface area (Å²) in [5.41, 5.74) is 0. The summed E-state index contributed by atoms with van der Waals surface area (Å²) in [6.07, 6.45) is 5.91. The number of rotatable bonds is 3. The molecule has 0 aromatic rings. The third kappa shape index (κ3) is 1.42. The van der Waals surface area contributed by atoms with Gasteiger partial charge in [-0.1, -0.05) is 0 Å². The molecule has 2 aliphatic carbocycles. The molecule has 2 fully saturated rings. The van der Waals surface area contributed by atoms with Crippen LogP contribution in [0.3, 0.4) is 0 Å². The highest BCUT2D eigenvalue weighted by Crippen LogP contribution is 2.45. The van der Waals surface area contributed by atoms with Gasteiger partial charge in [0.25, 0.3) is 0 Å². The van der Waals surface area contributed by atoms with Gasteiger partial charge in [0.15, 0.2) is 0 Å². The molecule has 1 N–H and O–H groups in total. The zero-order valence-corrected chi connectivity index (χ0v) is 6.83. The van der Waals surface area contributed by atoms with Gasteiger partial charge in [-0.3, -0.25) is 0 Å². The van der Waals surface area contributed by atoms with E-state index in [4.69, 9.17) is 9.84 Å². The van der Waals surface area contributed by atoms with Crippen LogP contribution in [0.1, 0.15) is 25.7 Å². The fraction of sp³-hybridized carbons (Fsp3) is 1.00. The molecule has 0 aromatic heterocycles. The number of fused-ring (bicyclic) bond motifs is 2. The van der Waals surface area contributed by atoms with Crippen LogP contribution in [0.2, 0.25) is 0 Å². The highest BCUT2D eigenvalue weighted by atomic mass is 16.5. The van der Waals surface area contributed by atoms with E-state index in [-0.39, 0.29) is 6.61 Å². The monoisotopic (exact) mass is 156 g/mol. The predicted molar refractivity (Wildman–Crippen MR) is 42.3 cm³/mol. The van der Waals surface area contributed by atoms with Crippen molar-refractivity contribution in [2.45, 2.75) is 31.8 Å². The lowest BCUT2D eigenvalue weighted by Gasteiger charge is -2.21. The molecular formula is C9H16O2. The van der Waals surface area contributed by atoms with E-state index in [2.05, 4.69) is 0 Å². The van der Waals surface area contributed by atoms with Crippen molar-refractivity contribution in [3.05, 3.63) is 0 Å². The van der Waals surface area contributed by atoms with E-state index in [0.717, 1.165) is 11.8 Å². The third-order valence-corrected chi connectivity index (χ3v) is 3.10. The largest absolute Gasteiger partial charge is 0.394 e. The zero-order valence-electron chi connectivity index (χ0n) is 6.83. The Morgan fingerprint density at radius 2 is 2.18 bits per heavy atom. The van der Waals surface area contributed by atoms with Crippen LogP contribution in [0.25, 0.3) is 0 Å². The van der Waals surface area contributed by atoms with Gasteiger partial charge in [-0.2, -0.15) is 0 Å². The van der Waals surface area contributed by atoms with Gasteiger partial charge in [0.2, 0.25) is 0 Å². The van der Waals surface area contributed by atoms with Gasteiger partial charge in [-0.15, -0.1) is 0 Å². The first-order valence-corrected chi connectivity index (χ1v) is 4.62. The van der Waals surface area contributed by atoms with Crippen molar-refractivity contribution in [1.29, 1.82) is 0 Å². The average molecular weight is 156 g/mol. The van der Waals surface area contributed by atoms with Crippen LogP contribution in [0, 0.1) is 11.8 Å². The molecule has 0 amide bonds. The summed E-state index contributed by atoms with van der Waals surface area (Å²) in [5.74, 6) is 1.77. The van der Waals surface area contributed by atoms with E-state index in [1.165, 1.54) is 25.7 Å². The van der Waals surface area contributed by atoms with E-state index in [9.17, 15) is 0 Å². The van der Waals surface area contributed by atoms with Crippen LogP contribution in [-0.4, -0.2) is 24.4 Å². The van der Waals surface area contributed by atoms with E-state index in [0.29, 0.717) is 12.7 Å². The summed E-state index contributed by atoms with van der Waals surface area (Å²) in [6, 6.07) is 0. The molecule has 2 rings (SSSR count). The van der Waals surface area contributed by atoms with E-state index in [1.807, 2.05) is 0 Å². The quantitative estimate of drug-likeness (QED) is 0.665. The Kier molecular flexibility index (Phi) is 2.14. The van der Waals surface area contributed by atoms with E-state index < -0.39 is 0 Å². The minimum absolute atomic E-state index is 0.174. The topological polar surface area (TPSA) is 29.5 Å². The molecule has 0 saturated heterocycles. The molecule has 2 heteroatoms. The summed E-state index contributed by atoms with van der Waals surface area (Å²) in [5, 5.41) is 8.57. The molecule has 2 nitrogen and oxygen atoms in total. The Labute approximate surface area is 67.6 Å². The molecule has 64 valence electrons. The van der Waals surface area contributed by atoms with Crippen LogP contribution in [-0.2, 0) is 4.74 Å². The molecule has 0 radical (unpaired) electrons. The number of aliphatic hydroxyl groups excluding tert-OH is 1. The maximum atomic E-state index is 8.57. The number of hydrogen-bond acceptors (Lipinski definition) is 2. The highest BCUT2D eigenvalue weighted by molar-refractivity contribution is 4.90. The lowest BCUT2D eigenvalue weighted by molar-refractivity contribution is -0.00143. The van der Waals surface area contributed by atoms with Crippen LogP contribution >= 0.6 is 0 Å². The smallest absolute Gasteiger partial charge is 0.0701 e. The molecule has 0 unspecified atom stereocenters. The summed E-state index contributed by atoms with van der Waals surface area (Å²) in [6.45, 7) is 0.710. The molecule has 0 aromatic carbocycles. The van der Waals surface area contributed by atoms with Crippen molar-refractivity contribution in [3.8, 4) is 0 Å². The van der Waals surface area contributed by atoms with Gasteiger partial charge in [-0.05, 0) is 37.5 Å². The van der Waals surface area contributed by atoms with Crippen LogP contribution in [0.5, 0.6) is 0 Å². The van der Waals surface area contributed by atoms with Crippen molar-refractivity contribution >= 4 is 0 Å². The molecule has 0 aliphatic heterocycles. The van der Waals surface area contributed by atoms with Gasteiger partial charge in [0.05, 0.1) is 19.3 Å². The van der Waals surface area contributed by atoms with Crippen LogP contribution in [0.15, 0.2) is 0 Å². The number of ether oxygens (including phenoxy) is 1. The molecule has 0 spiro atoms. The third-order valence-electron chi connectivity index (χ3n) is 3.10. The lowest BCUT2D eigenvalue weighted by Crippen LogP contribution is -2.21. The fourth-order valence-electron chi connectivity index (χ4n) is 2.59. The number of hydrogen-bond donors (Lipinski definition) is 1. The first-order chi connectivity index (χ1) is 5.40.